The molecule has 3 heteroatoms. The van der Waals surface area contributed by atoms with E-state index in [-0.39, 0.29) is 0 Å². The second-order valence-corrected chi connectivity index (χ2v) is 5.37. The molecule has 1 N–H and O–H groups in total. The highest BCUT2D eigenvalue weighted by Crippen LogP contribution is 2.47. The Bertz CT molecular complexity index is 252. The Morgan fingerprint density at radius 1 is 1.60 bits per heavy atom. The summed E-state index contributed by atoms with van der Waals surface area (Å²) < 4.78 is 1.23. The van der Waals surface area contributed by atoms with E-state index in [0.29, 0.717) is 0 Å². The van der Waals surface area contributed by atoms with Gasteiger partial charge < -0.3 is 5.11 Å². The molecule has 1 aliphatic carbocycles. The Morgan fingerprint density at radius 3 is 2.70 bits per heavy atom. The quantitative estimate of drug-likeness (QED) is 0.773. The lowest BCUT2D eigenvalue weighted by Crippen LogP contribution is -2.03. The third kappa shape index (κ3) is 1.00. The Labute approximate surface area is 77.2 Å². The van der Waals surface area contributed by atoms with E-state index in [1.165, 1.54) is 2.88 Å². The summed E-state index contributed by atoms with van der Waals surface area (Å²) in [5.41, 5.74) is 0.703. The van der Waals surface area contributed by atoms with Gasteiger partial charge in [0.15, 0.2) is 0 Å². The Kier molecular flexibility index (Phi) is 1.54. The van der Waals surface area contributed by atoms with Crippen molar-refractivity contribution < 1.29 is 5.11 Å². The molecule has 1 fully saturated rings. The zero-order valence-electron chi connectivity index (χ0n) is 5.30. The zero-order chi connectivity index (χ0) is 7.19. The molecule has 1 saturated carbocycles. The molecule has 10 heavy (non-hydrogen) atoms. The molecule has 1 aliphatic rings. The molecular weight excluding hydrogens is 259 g/mol. The Morgan fingerprint density at radius 2 is 2.30 bits per heavy atom. The van der Waals surface area contributed by atoms with Crippen molar-refractivity contribution >= 4 is 33.9 Å². The van der Waals surface area contributed by atoms with Crippen LogP contribution in [0.3, 0.4) is 0 Å². The van der Waals surface area contributed by atoms with Crippen molar-refractivity contribution in [1.82, 2.24) is 0 Å². The first-order valence-electron chi connectivity index (χ1n) is 3.18. The average Bonchev–Trinajstić information content (AvgIpc) is 2.44. The fourth-order valence-corrected chi connectivity index (χ4v) is 2.85. The summed E-state index contributed by atoms with van der Waals surface area (Å²) in [5.74, 6) is 0. The van der Waals surface area contributed by atoms with Gasteiger partial charge in [-0.05, 0) is 46.9 Å². The van der Waals surface area contributed by atoms with Crippen molar-refractivity contribution in [3.63, 3.8) is 0 Å². The van der Waals surface area contributed by atoms with Gasteiger partial charge in [-0.1, -0.05) is 0 Å². The first-order valence-corrected chi connectivity index (χ1v) is 5.14. The third-order valence-corrected chi connectivity index (χ3v) is 3.89. The lowest BCUT2D eigenvalue weighted by Gasteiger charge is -2.03. The molecule has 0 unspecified atom stereocenters. The van der Waals surface area contributed by atoms with Crippen LogP contribution in [0.25, 0.3) is 0 Å². The lowest BCUT2D eigenvalue weighted by molar-refractivity contribution is 0.151. The van der Waals surface area contributed by atoms with Gasteiger partial charge in [0.2, 0.25) is 0 Å². The largest absolute Gasteiger partial charge is 0.385 e. The maximum Gasteiger partial charge on any atom is 0.0917 e. The zero-order valence-corrected chi connectivity index (χ0v) is 8.28. The van der Waals surface area contributed by atoms with Crippen LogP contribution in [-0.4, -0.2) is 5.11 Å². The summed E-state index contributed by atoms with van der Waals surface area (Å²) in [6, 6.07) is 2.03. The summed E-state index contributed by atoms with van der Waals surface area (Å²) in [6.07, 6.45) is 1.89. The minimum atomic E-state index is -0.434. The highest BCUT2D eigenvalue weighted by molar-refractivity contribution is 14.1. The molecule has 2 rings (SSSR count). The van der Waals surface area contributed by atoms with Crippen molar-refractivity contribution in [2.24, 2.45) is 0 Å². The van der Waals surface area contributed by atoms with Gasteiger partial charge in [0.25, 0.3) is 0 Å². The van der Waals surface area contributed by atoms with Crippen LogP contribution in [0.15, 0.2) is 11.4 Å². The smallest absolute Gasteiger partial charge is 0.0917 e. The van der Waals surface area contributed by atoms with E-state index in [1.807, 2.05) is 11.4 Å². The summed E-state index contributed by atoms with van der Waals surface area (Å²) in [6.45, 7) is 0. The van der Waals surface area contributed by atoms with Crippen LogP contribution in [0.5, 0.6) is 0 Å². The van der Waals surface area contributed by atoms with Crippen molar-refractivity contribution in [1.29, 1.82) is 0 Å². The van der Waals surface area contributed by atoms with E-state index in [4.69, 9.17) is 0 Å². The van der Waals surface area contributed by atoms with Crippen LogP contribution in [0.1, 0.15) is 18.4 Å². The molecule has 0 spiro atoms. The van der Waals surface area contributed by atoms with Gasteiger partial charge in [-0.3, -0.25) is 0 Å². The maximum absolute atomic E-state index is 9.67. The van der Waals surface area contributed by atoms with Crippen molar-refractivity contribution in [2.75, 3.05) is 0 Å². The molecular formula is C7H7IOS. The SMILES string of the molecule is OC1(c2ccsc2I)CC1. The summed E-state index contributed by atoms with van der Waals surface area (Å²) in [7, 11) is 0. The van der Waals surface area contributed by atoms with E-state index in [2.05, 4.69) is 22.6 Å². The molecule has 1 aromatic rings. The standard InChI is InChI=1S/C7H7IOS/c8-6-5(1-4-10-6)7(9)2-3-7/h1,4,9H,2-3H2. The molecule has 54 valence electrons. The molecule has 0 aromatic carbocycles. The number of hydrogen-bond acceptors (Lipinski definition) is 2. The fraction of sp³-hybridized carbons (Fsp3) is 0.429. The molecule has 0 amide bonds. The van der Waals surface area contributed by atoms with Gasteiger partial charge in [0.1, 0.15) is 0 Å². The second kappa shape index (κ2) is 2.19. The Balaban J connectivity index is 2.42. The minimum absolute atomic E-state index is 0.434. The van der Waals surface area contributed by atoms with E-state index in [0.717, 1.165) is 18.4 Å². The summed E-state index contributed by atoms with van der Waals surface area (Å²) in [5, 5.41) is 11.7. The normalized spacial score (nSPS) is 21.0. The molecule has 0 bridgehead atoms. The monoisotopic (exact) mass is 266 g/mol. The van der Waals surface area contributed by atoms with Crippen LogP contribution >= 0.6 is 33.9 Å². The first kappa shape index (κ1) is 7.06. The number of rotatable bonds is 1. The number of thiophene rings is 1. The fourth-order valence-electron chi connectivity index (χ4n) is 1.02. The summed E-state index contributed by atoms with van der Waals surface area (Å²) in [4.78, 5) is 0. The highest BCUT2D eigenvalue weighted by Gasteiger charge is 2.43. The number of hydrogen-bond donors (Lipinski definition) is 1. The van der Waals surface area contributed by atoms with E-state index in [1.54, 1.807) is 11.3 Å². The van der Waals surface area contributed by atoms with E-state index >= 15 is 0 Å². The molecule has 0 radical (unpaired) electrons. The molecule has 0 aliphatic heterocycles. The maximum atomic E-state index is 9.67. The minimum Gasteiger partial charge on any atom is -0.385 e. The number of halogens is 1. The first-order chi connectivity index (χ1) is 4.72. The highest BCUT2D eigenvalue weighted by atomic mass is 127. The van der Waals surface area contributed by atoms with Gasteiger partial charge in [-0.15, -0.1) is 11.3 Å². The van der Waals surface area contributed by atoms with Crippen LogP contribution in [0.2, 0.25) is 0 Å². The predicted molar refractivity (Wildman–Crippen MR) is 50.2 cm³/mol. The molecule has 0 saturated heterocycles. The second-order valence-electron chi connectivity index (χ2n) is 2.64. The average molecular weight is 266 g/mol. The van der Waals surface area contributed by atoms with Crippen LogP contribution < -0.4 is 0 Å². The third-order valence-electron chi connectivity index (χ3n) is 1.84. The lowest BCUT2D eigenvalue weighted by atomic mass is 10.2. The van der Waals surface area contributed by atoms with Crippen LogP contribution in [-0.2, 0) is 5.60 Å². The van der Waals surface area contributed by atoms with Gasteiger partial charge in [0.05, 0.1) is 8.48 Å². The van der Waals surface area contributed by atoms with Crippen molar-refractivity contribution in [3.05, 3.63) is 19.9 Å². The Hall–Kier alpha value is 0.390. The number of aliphatic hydroxyl groups is 1. The topological polar surface area (TPSA) is 20.2 Å². The van der Waals surface area contributed by atoms with Crippen molar-refractivity contribution in [2.45, 2.75) is 18.4 Å². The van der Waals surface area contributed by atoms with Gasteiger partial charge in [-0.25, -0.2) is 0 Å². The van der Waals surface area contributed by atoms with Crippen LogP contribution in [0, 0.1) is 2.88 Å². The molecule has 1 nitrogen and oxygen atoms in total. The predicted octanol–water partition coefficient (Wildman–Crippen LogP) is 2.33. The van der Waals surface area contributed by atoms with E-state index in [9.17, 15) is 5.11 Å². The van der Waals surface area contributed by atoms with Gasteiger partial charge in [0, 0.05) is 5.56 Å². The van der Waals surface area contributed by atoms with Crippen molar-refractivity contribution in [3.8, 4) is 0 Å². The molecule has 0 atom stereocenters. The molecule has 1 aromatic heterocycles. The van der Waals surface area contributed by atoms with Gasteiger partial charge in [-0.2, -0.15) is 0 Å². The summed E-state index contributed by atoms with van der Waals surface area (Å²) >= 11 is 3.98. The van der Waals surface area contributed by atoms with Gasteiger partial charge >= 0.3 is 0 Å². The molecule has 1 heterocycles. The van der Waals surface area contributed by atoms with Crippen LogP contribution in [0.4, 0.5) is 0 Å². The van der Waals surface area contributed by atoms with E-state index < -0.39 is 5.60 Å².